The second kappa shape index (κ2) is 9.72. The molecule has 0 aliphatic carbocycles. The molecule has 1 N–H and O–H groups in total. The fourth-order valence-corrected chi connectivity index (χ4v) is 4.77. The van der Waals surface area contributed by atoms with Crippen LogP contribution >= 0.6 is 23.1 Å². The number of nitrogens with zero attached hydrogens (tertiary/aromatic N) is 2. The van der Waals surface area contributed by atoms with E-state index in [0.29, 0.717) is 17.9 Å². The highest BCUT2D eigenvalue weighted by Crippen LogP contribution is 2.36. The summed E-state index contributed by atoms with van der Waals surface area (Å²) in [7, 11) is 0. The Hall–Kier alpha value is -3.23. The van der Waals surface area contributed by atoms with E-state index in [9.17, 15) is 9.59 Å². The van der Waals surface area contributed by atoms with Gasteiger partial charge in [0.1, 0.15) is 16.2 Å². The molecule has 4 aromatic rings. The van der Waals surface area contributed by atoms with Crippen LogP contribution in [0.15, 0.2) is 72.0 Å². The SMILES string of the molecule is CCOC(=O)c1ccc(NC(=O)CSc2ncnc3sc(-c4ccccc4)cc23)cc1. The lowest BCUT2D eigenvalue weighted by molar-refractivity contribution is -0.113. The minimum absolute atomic E-state index is 0.154. The van der Waals surface area contributed by atoms with Crippen LogP contribution in [0.2, 0.25) is 0 Å². The molecule has 6 nitrogen and oxygen atoms in total. The molecule has 4 rings (SSSR count). The van der Waals surface area contributed by atoms with Gasteiger partial charge in [0.15, 0.2) is 0 Å². The van der Waals surface area contributed by atoms with Crippen LogP contribution in [0.1, 0.15) is 17.3 Å². The smallest absolute Gasteiger partial charge is 0.338 e. The Morgan fingerprint density at radius 2 is 1.84 bits per heavy atom. The molecule has 0 saturated carbocycles. The van der Waals surface area contributed by atoms with Crippen molar-refractivity contribution in [2.45, 2.75) is 11.9 Å². The Kier molecular flexibility index (Phi) is 6.59. The molecule has 0 aliphatic rings. The van der Waals surface area contributed by atoms with Crippen LogP contribution in [0.4, 0.5) is 5.69 Å². The number of carbonyl (C=O) groups is 2. The van der Waals surface area contributed by atoms with Gasteiger partial charge < -0.3 is 10.1 Å². The maximum absolute atomic E-state index is 12.4. The number of amides is 1. The topological polar surface area (TPSA) is 81.2 Å². The number of thiophene rings is 1. The highest BCUT2D eigenvalue weighted by atomic mass is 32.2. The molecule has 2 aromatic heterocycles. The zero-order valence-corrected chi connectivity index (χ0v) is 18.3. The van der Waals surface area contributed by atoms with E-state index in [1.54, 1.807) is 42.5 Å². The van der Waals surface area contributed by atoms with Crippen LogP contribution < -0.4 is 5.32 Å². The van der Waals surface area contributed by atoms with E-state index < -0.39 is 0 Å². The fourth-order valence-electron chi connectivity index (χ4n) is 2.93. The molecule has 8 heteroatoms. The van der Waals surface area contributed by atoms with E-state index >= 15 is 0 Å². The van der Waals surface area contributed by atoms with E-state index in [-0.39, 0.29) is 17.6 Å². The summed E-state index contributed by atoms with van der Waals surface area (Å²) in [6, 6.07) is 18.8. The lowest BCUT2D eigenvalue weighted by Crippen LogP contribution is -2.14. The minimum atomic E-state index is -0.380. The highest BCUT2D eigenvalue weighted by Gasteiger charge is 2.13. The number of esters is 1. The Labute approximate surface area is 187 Å². The molecule has 0 atom stereocenters. The molecule has 0 radical (unpaired) electrons. The zero-order valence-electron chi connectivity index (χ0n) is 16.7. The first-order chi connectivity index (χ1) is 15.1. The summed E-state index contributed by atoms with van der Waals surface area (Å²) in [4.78, 5) is 34.9. The van der Waals surface area contributed by atoms with Crippen molar-refractivity contribution >= 4 is 50.9 Å². The number of hydrogen-bond donors (Lipinski definition) is 1. The van der Waals surface area contributed by atoms with Gasteiger partial charge in [0, 0.05) is 16.0 Å². The number of thioether (sulfide) groups is 1. The van der Waals surface area contributed by atoms with Crippen LogP contribution in [-0.2, 0) is 9.53 Å². The second-order valence-corrected chi connectivity index (χ2v) is 8.50. The van der Waals surface area contributed by atoms with Crippen molar-refractivity contribution in [3.05, 3.63) is 72.6 Å². The summed E-state index contributed by atoms with van der Waals surface area (Å²) in [6.07, 6.45) is 1.53. The summed E-state index contributed by atoms with van der Waals surface area (Å²) in [6.45, 7) is 2.08. The van der Waals surface area contributed by atoms with Gasteiger partial charge in [0.25, 0.3) is 0 Å². The number of nitrogens with one attached hydrogen (secondary N) is 1. The van der Waals surface area contributed by atoms with Crippen molar-refractivity contribution in [2.75, 3.05) is 17.7 Å². The van der Waals surface area contributed by atoms with Gasteiger partial charge in [0.05, 0.1) is 17.9 Å². The largest absolute Gasteiger partial charge is 0.462 e. The quantitative estimate of drug-likeness (QED) is 0.235. The Bertz CT molecular complexity index is 1210. The van der Waals surface area contributed by atoms with E-state index in [0.717, 1.165) is 25.7 Å². The van der Waals surface area contributed by atoms with Crippen molar-refractivity contribution in [3.63, 3.8) is 0 Å². The first-order valence-electron chi connectivity index (χ1n) is 9.64. The fraction of sp³-hybridized carbons (Fsp3) is 0.130. The number of aromatic nitrogens is 2. The standard InChI is InChI=1S/C23H19N3O3S2/c1-2-29-23(28)16-8-10-17(11-9-16)26-20(27)13-30-21-18-12-19(15-6-4-3-5-7-15)31-22(18)25-14-24-21/h3-12,14H,2,13H2,1H3,(H,26,27). The third-order valence-corrected chi connectivity index (χ3v) is 6.47. The Morgan fingerprint density at radius 3 is 2.58 bits per heavy atom. The number of hydrogen-bond acceptors (Lipinski definition) is 7. The number of rotatable bonds is 7. The van der Waals surface area contributed by atoms with Gasteiger partial charge in [0.2, 0.25) is 5.91 Å². The average Bonchev–Trinajstić information content (AvgIpc) is 3.24. The molecule has 31 heavy (non-hydrogen) atoms. The molecular weight excluding hydrogens is 430 g/mol. The van der Waals surface area contributed by atoms with E-state index in [2.05, 4.69) is 33.5 Å². The second-order valence-electron chi connectivity index (χ2n) is 6.51. The van der Waals surface area contributed by atoms with Gasteiger partial charge in [-0.2, -0.15) is 0 Å². The van der Waals surface area contributed by atoms with Gasteiger partial charge in [-0.15, -0.1) is 11.3 Å². The first-order valence-corrected chi connectivity index (χ1v) is 11.4. The van der Waals surface area contributed by atoms with Crippen LogP contribution in [-0.4, -0.2) is 34.2 Å². The predicted octanol–water partition coefficient (Wildman–Crippen LogP) is 5.27. The van der Waals surface area contributed by atoms with Crippen molar-refractivity contribution in [1.82, 2.24) is 9.97 Å². The molecular formula is C23H19N3O3S2. The molecule has 0 unspecified atom stereocenters. The number of fused-ring (bicyclic) bond motifs is 1. The normalized spacial score (nSPS) is 10.7. The van der Waals surface area contributed by atoms with E-state index in [4.69, 9.17) is 4.74 Å². The number of carbonyl (C=O) groups excluding carboxylic acids is 2. The number of ether oxygens (including phenoxy) is 1. The van der Waals surface area contributed by atoms with Crippen molar-refractivity contribution < 1.29 is 14.3 Å². The van der Waals surface area contributed by atoms with Crippen molar-refractivity contribution in [2.24, 2.45) is 0 Å². The van der Waals surface area contributed by atoms with Gasteiger partial charge in [-0.3, -0.25) is 4.79 Å². The molecule has 1 amide bonds. The molecule has 0 aliphatic heterocycles. The monoisotopic (exact) mass is 449 g/mol. The summed E-state index contributed by atoms with van der Waals surface area (Å²) in [5.41, 5.74) is 2.20. The Balaban J connectivity index is 1.41. The lowest BCUT2D eigenvalue weighted by atomic mass is 10.2. The first kappa shape index (κ1) is 21.0. The van der Waals surface area contributed by atoms with Gasteiger partial charge in [-0.1, -0.05) is 42.1 Å². The molecule has 0 saturated heterocycles. The van der Waals surface area contributed by atoms with Crippen LogP contribution in [0.5, 0.6) is 0 Å². The molecule has 2 aromatic carbocycles. The summed E-state index contributed by atoms with van der Waals surface area (Å²) >= 11 is 2.98. The van der Waals surface area contributed by atoms with Crippen molar-refractivity contribution in [1.29, 1.82) is 0 Å². The molecule has 2 heterocycles. The molecule has 0 fully saturated rings. The molecule has 0 spiro atoms. The maximum Gasteiger partial charge on any atom is 0.338 e. The Morgan fingerprint density at radius 1 is 1.06 bits per heavy atom. The van der Waals surface area contributed by atoms with E-state index in [1.165, 1.54) is 18.1 Å². The summed E-state index contributed by atoms with van der Waals surface area (Å²) in [5, 5.41) is 4.56. The molecule has 0 bridgehead atoms. The third-order valence-electron chi connectivity index (χ3n) is 4.37. The van der Waals surface area contributed by atoms with Crippen LogP contribution in [0.3, 0.4) is 0 Å². The molecule has 156 valence electrons. The third kappa shape index (κ3) is 5.10. The number of benzene rings is 2. The number of anilines is 1. The summed E-state index contributed by atoms with van der Waals surface area (Å²) < 4.78 is 4.96. The predicted molar refractivity (Wildman–Crippen MR) is 125 cm³/mol. The van der Waals surface area contributed by atoms with Gasteiger partial charge in [-0.25, -0.2) is 14.8 Å². The van der Waals surface area contributed by atoms with Gasteiger partial charge in [-0.05, 0) is 42.8 Å². The zero-order chi connectivity index (χ0) is 21.6. The van der Waals surface area contributed by atoms with Crippen molar-refractivity contribution in [3.8, 4) is 10.4 Å². The van der Waals surface area contributed by atoms with Gasteiger partial charge >= 0.3 is 5.97 Å². The van der Waals surface area contributed by atoms with E-state index in [1.807, 2.05) is 18.2 Å². The average molecular weight is 450 g/mol. The summed E-state index contributed by atoms with van der Waals surface area (Å²) in [5.74, 6) is -0.323. The lowest BCUT2D eigenvalue weighted by Gasteiger charge is -2.06. The minimum Gasteiger partial charge on any atom is -0.462 e. The maximum atomic E-state index is 12.4. The van der Waals surface area contributed by atoms with Crippen LogP contribution in [0, 0.1) is 0 Å². The van der Waals surface area contributed by atoms with Crippen LogP contribution in [0.25, 0.3) is 20.7 Å². The highest BCUT2D eigenvalue weighted by molar-refractivity contribution is 8.00.